The molecule has 1 aliphatic carbocycles. The third-order valence-electron chi connectivity index (χ3n) is 3.82. The van der Waals surface area contributed by atoms with E-state index in [-0.39, 0.29) is 12.1 Å². The third kappa shape index (κ3) is 4.38. The van der Waals surface area contributed by atoms with Gasteiger partial charge in [0.1, 0.15) is 5.60 Å². The number of aryl methyl sites for hydroxylation is 1. The molecular weight excluding hydrogens is 264 g/mol. The molecule has 2 N–H and O–H groups in total. The lowest BCUT2D eigenvalue weighted by Crippen LogP contribution is -2.50. The van der Waals surface area contributed by atoms with Crippen LogP contribution in [0.3, 0.4) is 0 Å². The van der Waals surface area contributed by atoms with Gasteiger partial charge in [-0.15, -0.1) is 0 Å². The standard InChI is InChI=1S/C17H26N2O2/c1-11-7-6-8-15(12(11)2)18-13-9-14(10-13)19-16(20)21-17(3,4)5/h6-8,13-14,18H,9-10H2,1-5H3,(H,19,20). The van der Waals surface area contributed by atoms with E-state index in [1.54, 1.807) is 0 Å². The average molecular weight is 290 g/mol. The summed E-state index contributed by atoms with van der Waals surface area (Å²) in [6.45, 7) is 9.87. The van der Waals surface area contributed by atoms with E-state index in [1.165, 1.54) is 16.8 Å². The number of carbonyl (C=O) groups excluding carboxylic acids is 1. The summed E-state index contributed by atoms with van der Waals surface area (Å²) in [6.07, 6.45) is 1.55. The summed E-state index contributed by atoms with van der Waals surface area (Å²) in [6, 6.07) is 6.93. The third-order valence-corrected chi connectivity index (χ3v) is 3.82. The van der Waals surface area contributed by atoms with E-state index in [0.29, 0.717) is 6.04 Å². The van der Waals surface area contributed by atoms with Crippen molar-refractivity contribution in [2.24, 2.45) is 0 Å². The van der Waals surface area contributed by atoms with Crippen LogP contribution in [0.1, 0.15) is 44.7 Å². The number of ether oxygens (including phenoxy) is 1. The molecule has 0 atom stereocenters. The normalized spacial score (nSPS) is 21.4. The first-order valence-electron chi connectivity index (χ1n) is 7.57. The molecule has 0 bridgehead atoms. The van der Waals surface area contributed by atoms with Crippen LogP contribution in [0.2, 0.25) is 0 Å². The van der Waals surface area contributed by atoms with E-state index in [0.717, 1.165) is 12.8 Å². The molecule has 1 aromatic carbocycles. The van der Waals surface area contributed by atoms with Crippen LogP contribution in [-0.2, 0) is 4.74 Å². The minimum atomic E-state index is -0.440. The number of alkyl carbamates (subject to hydrolysis) is 1. The van der Waals surface area contributed by atoms with Gasteiger partial charge in [0.15, 0.2) is 0 Å². The van der Waals surface area contributed by atoms with Gasteiger partial charge in [-0.25, -0.2) is 4.79 Å². The molecule has 21 heavy (non-hydrogen) atoms. The van der Waals surface area contributed by atoms with E-state index in [9.17, 15) is 4.79 Å². The highest BCUT2D eigenvalue weighted by Gasteiger charge is 2.31. The van der Waals surface area contributed by atoms with Gasteiger partial charge in [0, 0.05) is 17.8 Å². The van der Waals surface area contributed by atoms with E-state index in [1.807, 2.05) is 20.8 Å². The minimum absolute atomic E-state index is 0.211. The molecule has 0 heterocycles. The molecule has 1 fully saturated rings. The van der Waals surface area contributed by atoms with Crippen molar-refractivity contribution in [3.8, 4) is 0 Å². The van der Waals surface area contributed by atoms with E-state index in [2.05, 4.69) is 42.7 Å². The van der Waals surface area contributed by atoms with Gasteiger partial charge < -0.3 is 15.4 Å². The lowest BCUT2D eigenvalue weighted by molar-refractivity contribution is 0.0475. The average Bonchev–Trinajstić information content (AvgIpc) is 2.29. The highest BCUT2D eigenvalue weighted by atomic mass is 16.6. The van der Waals surface area contributed by atoms with Gasteiger partial charge in [0.25, 0.3) is 0 Å². The van der Waals surface area contributed by atoms with Crippen molar-refractivity contribution in [1.29, 1.82) is 0 Å². The molecular formula is C17H26N2O2. The maximum absolute atomic E-state index is 11.7. The van der Waals surface area contributed by atoms with Crippen LogP contribution in [0.15, 0.2) is 18.2 Å². The zero-order valence-electron chi connectivity index (χ0n) is 13.6. The highest BCUT2D eigenvalue weighted by Crippen LogP contribution is 2.27. The molecule has 1 aromatic rings. The van der Waals surface area contributed by atoms with Crippen LogP contribution in [-0.4, -0.2) is 23.8 Å². The fraction of sp³-hybridized carbons (Fsp3) is 0.588. The second-order valence-electron chi connectivity index (χ2n) is 6.90. The van der Waals surface area contributed by atoms with Crippen molar-refractivity contribution in [2.45, 2.75) is 65.1 Å². The Labute approximate surface area is 127 Å². The molecule has 1 amide bonds. The maximum atomic E-state index is 11.7. The molecule has 4 heteroatoms. The fourth-order valence-corrected chi connectivity index (χ4v) is 2.46. The number of carbonyl (C=O) groups is 1. The van der Waals surface area contributed by atoms with Crippen LogP contribution in [0, 0.1) is 13.8 Å². The number of hydrogen-bond acceptors (Lipinski definition) is 3. The lowest BCUT2D eigenvalue weighted by Gasteiger charge is -2.37. The van der Waals surface area contributed by atoms with E-state index in [4.69, 9.17) is 4.74 Å². The van der Waals surface area contributed by atoms with Crippen molar-refractivity contribution in [2.75, 3.05) is 5.32 Å². The maximum Gasteiger partial charge on any atom is 0.407 e. The van der Waals surface area contributed by atoms with Gasteiger partial charge in [-0.05, 0) is 64.7 Å². The molecule has 1 saturated carbocycles. The number of nitrogens with one attached hydrogen (secondary N) is 2. The van der Waals surface area contributed by atoms with Crippen LogP contribution in [0.4, 0.5) is 10.5 Å². The zero-order chi connectivity index (χ0) is 15.6. The molecule has 0 aliphatic heterocycles. The Balaban J connectivity index is 1.77. The Bertz CT molecular complexity index is 514. The van der Waals surface area contributed by atoms with Gasteiger partial charge in [0.2, 0.25) is 0 Å². The van der Waals surface area contributed by atoms with Gasteiger partial charge in [-0.3, -0.25) is 0 Å². The van der Waals surface area contributed by atoms with Crippen molar-refractivity contribution < 1.29 is 9.53 Å². The summed E-state index contributed by atoms with van der Waals surface area (Å²) in [5.41, 5.74) is 3.34. The quantitative estimate of drug-likeness (QED) is 0.891. The molecule has 4 nitrogen and oxygen atoms in total. The van der Waals surface area contributed by atoms with Crippen molar-refractivity contribution in [1.82, 2.24) is 5.32 Å². The summed E-state index contributed by atoms with van der Waals surface area (Å²) in [5.74, 6) is 0. The van der Waals surface area contributed by atoms with Gasteiger partial charge in [-0.1, -0.05) is 12.1 Å². The number of anilines is 1. The number of hydrogen-bond donors (Lipinski definition) is 2. The fourth-order valence-electron chi connectivity index (χ4n) is 2.46. The first-order valence-corrected chi connectivity index (χ1v) is 7.57. The molecule has 116 valence electrons. The molecule has 0 spiro atoms. The summed E-state index contributed by atoms with van der Waals surface area (Å²) < 4.78 is 5.26. The molecule has 2 rings (SSSR count). The van der Waals surface area contributed by atoms with Gasteiger partial charge in [0.05, 0.1) is 0 Å². The smallest absolute Gasteiger partial charge is 0.407 e. The van der Waals surface area contributed by atoms with Crippen LogP contribution in [0.25, 0.3) is 0 Å². The number of amides is 1. The Kier molecular flexibility index (Phi) is 4.45. The number of rotatable bonds is 3. The first kappa shape index (κ1) is 15.7. The monoisotopic (exact) mass is 290 g/mol. The van der Waals surface area contributed by atoms with Crippen LogP contribution in [0.5, 0.6) is 0 Å². The summed E-state index contributed by atoms with van der Waals surface area (Å²) >= 11 is 0. The Morgan fingerprint density at radius 2 is 1.86 bits per heavy atom. The van der Waals surface area contributed by atoms with E-state index >= 15 is 0 Å². The second kappa shape index (κ2) is 5.96. The van der Waals surface area contributed by atoms with E-state index < -0.39 is 5.60 Å². The van der Waals surface area contributed by atoms with Gasteiger partial charge in [-0.2, -0.15) is 0 Å². The summed E-state index contributed by atoms with van der Waals surface area (Å²) in [5, 5.41) is 6.46. The SMILES string of the molecule is Cc1cccc(NC2CC(NC(=O)OC(C)(C)C)C2)c1C. The molecule has 0 unspecified atom stereocenters. The Morgan fingerprint density at radius 1 is 1.19 bits per heavy atom. The molecule has 1 aliphatic rings. The lowest BCUT2D eigenvalue weighted by atomic mass is 9.86. The Morgan fingerprint density at radius 3 is 2.48 bits per heavy atom. The highest BCUT2D eigenvalue weighted by molar-refractivity contribution is 5.68. The van der Waals surface area contributed by atoms with Crippen LogP contribution < -0.4 is 10.6 Å². The minimum Gasteiger partial charge on any atom is -0.444 e. The zero-order valence-corrected chi connectivity index (χ0v) is 13.6. The molecule has 0 saturated heterocycles. The predicted octanol–water partition coefficient (Wildman–Crippen LogP) is 3.77. The second-order valence-corrected chi connectivity index (χ2v) is 6.90. The van der Waals surface area contributed by atoms with Crippen molar-refractivity contribution >= 4 is 11.8 Å². The Hall–Kier alpha value is -1.71. The number of benzene rings is 1. The van der Waals surface area contributed by atoms with Crippen molar-refractivity contribution in [3.05, 3.63) is 29.3 Å². The topological polar surface area (TPSA) is 50.4 Å². The molecule has 0 aromatic heterocycles. The first-order chi connectivity index (χ1) is 9.74. The summed E-state index contributed by atoms with van der Waals surface area (Å²) in [4.78, 5) is 11.7. The van der Waals surface area contributed by atoms with Gasteiger partial charge >= 0.3 is 6.09 Å². The largest absolute Gasteiger partial charge is 0.444 e. The van der Waals surface area contributed by atoms with Crippen LogP contribution >= 0.6 is 0 Å². The predicted molar refractivity (Wildman–Crippen MR) is 85.7 cm³/mol. The molecule has 0 radical (unpaired) electrons. The van der Waals surface area contributed by atoms with Crippen molar-refractivity contribution in [3.63, 3.8) is 0 Å². The summed E-state index contributed by atoms with van der Waals surface area (Å²) in [7, 11) is 0.